The van der Waals surface area contributed by atoms with Crippen molar-refractivity contribution < 1.29 is 13.2 Å². The third kappa shape index (κ3) is 2.92. The van der Waals surface area contributed by atoms with E-state index in [1.54, 1.807) is 23.3 Å². The predicted molar refractivity (Wildman–Crippen MR) is 84.9 cm³/mol. The van der Waals surface area contributed by atoms with E-state index in [1.165, 1.54) is 6.07 Å². The van der Waals surface area contributed by atoms with Crippen molar-refractivity contribution in [3.05, 3.63) is 17.5 Å². The van der Waals surface area contributed by atoms with Crippen LogP contribution in [-0.2, 0) is 14.8 Å². The molecule has 0 aromatic carbocycles. The first-order chi connectivity index (χ1) is 10.4. The van der Waals surface area contributed by atoms with Crippen LogP contribution in [0, 0.1) is 11.8 Å². The number of carbonyl (C=O) groups is 1. The van der Waals surface area contributed by atoms with E-state index in [0.29, 0.717) is 24.9 Å². The Balaban J connectivity index is 1.64. The van der Waals surface area contributed by atoms with Gasteiger partial charge in [0.2, 0.25) is 5.91 Å². The molecule has 2 heterocycles. The molecule has 4 atom stereocenters. The smallest absolute Gasteiger partial charge is 0.250 e. The standard InChI is InChI=1S/C14H21N3O3S2/c1-9(16-22(19,20)13-3-2-6-21-13)14(18)17-7-10-4-5-12(15)11(10)8-17/h2-3,6,9-12,16H,4-5,7-8,15H2,1H3. The van der Waals surface area contributed by atoms with Crippen molar-refractivity contribution in [2.24, 2.45) is 17.6 Å². The Morgan fingerprint density at radius 1 is 1.45 bits per heavy atom. The van der Waals surface area contributed by atoms with Gasteiger partial charge in [0.05, 0.1) is 6.04 Å². The van der Waals surface area contributed by atoms with Crippen LogP contribution in [0.15, 0.2) is 21.7 Å². The third-order valence-electron chi connectivity index (χ3n) is 4.69. The lowest BCUT2D eigenvalue weighted by atomic mass is 9.98. The van der Waals surface area contributed by atoms with E-state index in [0.717, 1.165) is 24.2 Å². The molecule has 6 nitrogen and oxygen atoms in total. The zero-order chi connectivity index (χ0) is 15.9. The molecule has 1 saturated carbocycles. The largest absolute Gasteiger partial charge is 0.341 e. The van der Waals surface area contributed by atoms with Crippen molar-refractivity contribution in [2.45, 2.75) is 36.1 Å². The number of nitrogens with two attached hydrogens (primary N) is 1. The second kappa shape index (κ2) is 5.92. The second-order valence-electron chi connectivity index (χ2n) is 6.18. The number of hydrogen-bond acceptors (Lipinski definition) is 5. The molecule has 122 valence electrons. The Kier molecular flexibility index (Phi) is 4.28. The number of carbonyl (C=O) groups excluding carboxylic acids is 1. The molecule has 1 amide bonds. The van der Waals surface area contributed by atoms with E-state index in [2.05, 4.69) is 4.72 Å². The Bertz CT molecular complexity index is 644. The highest BCUT2D eigenvalue weighted by molar-refractivity contribution is 7.91. The van der Waals surface area contributed by atoms with E-state index in [-0.39, 0.29) is 16.2 Å². The van der Waals surface area contributed by atoms with Crippen LogP contribution in [0.25, 0.3) is 0 Å². The predicted octanol–water partition coefficient (Wildman–Crippen LogP) is 0.611. The molecule has 0 bridgehead atoms. The number of nitrogens with zero attached hydrogens (tertiary/aromatic N) is 1. The van der Waals surface area contributed by atoms with E-state index >= 15 is 0 Å². The molecule has 22 heavy (non-hydrogen) atoms. The van der Waals surface area contributed by atoms with Crippen LogP contribution in [0.1, 0.15) is 19.8 Å². The maximum absolute atomic E-state index is 12.5. The number of amides is 1. The summed E-state index contributed by atoms with van der Waals surface area (Å²) in [6, 6.07) is 2.61. The fourth-order valence-corrected chi connectivity index (χ4v) is 5.73. The molecule has 2 fully saturated rings. The number of nitrogens with one attached hydrogen (secondary N) is 1. The first-order valence-corrected chi connectivity index (χ1v) is 9.85. The summed E-state index contributed by atoms with van der Waals surface area (Å²) in [6.45, 7) is 2.94. The quantitative estimate of drug-likeness (QED) is 0.838. The molecular formula is C14H21N3O3S2. The van der Waals surface area contributed by atoms with E-state index in [4.69, 9.17) is 5.73 Å². The number of sulfonamides is 1. The van der Waals surface area contributed by atoms with Gasteiger partial charge in [0.1, 0.15) is 4.21 Å². The zero-order valence-electron chi connectivity index (χ0n) is 12.4. The van der Waals surface area contributed by atoms with Crippen molar-refractivity contribution in [1.29, 1.82) is 0 Å². The normalized spacial score (nSPS) is 29.5. The Labute approximate surface area is 134 Å². The summed E-state index contributed by atoms with van der Waals surface area (Å²) in [7, 11) is -3.62. The molecule has 0 radical (unpaired) electrons. The summed E-state index contributed by atoms with van der Waals surface area (Å²) in [5, 5.41) is 1.70. The zero-order valence-corrected chi connectivity index (χ0v) is 14.1. The minimum absolute atomic E-state index is 0.165. The highest BCUT2D eigenvalue weighted by Crippen LogP contribution is 2.37. The summed E-state index contributed by atoms with van der Waals surface area (Å²) < 4.78 is 27.1. The summed E-state index contributed by atoms with van der Waals surface area (Å²) in [5.41, 5.74) is 6.08. The van der Waals surface area contributed by atoms with Gasteiger partial charge < -0.3 is 10.6 Å². The van der Waals surface area contributed by atoms with Crippen LogP contribution in [0.3, 0.4) is 0 Å². The van der Waals surface area contributed by atoms with Crippen LogP contribution in [0.2, 0.25) is 0 Å². The van der Waals surface area contributed by atoms with E-state index < -0.39 is 16.1 Å². The van der Waals surface area contributed by atoms with Crippen LogP contribution < -0.4 is 10.5 Å². The number of hydrogen-bond donors (Lipinski definition) is 2. The van der Waals surface area contributed by atoms with Gasteiger partial charge in [0.25, 0.3) is 10.0 Å². The molecule has 1 aliphatic carbocycles. The Morgan fingerprint density at radius 2 is 2.23 bits per heavy atom. The highest BCUT2D eigenvalue weighted by Gasteiger charge is 2.43. The van der Waals surface area contributed by atoms with Gasteiger partial charge >= 0.3 is 0 Å². The van der Waals surface area contributed by atoms with E-state index in [9.17, 15) is 13.2 Å². The summed E-state index contributed by atoms with van der Waals surface area (Å²) in [5.74, 6) is 0.673. The van der Waals surface area contributed by atoms with Crippen LogP contribution in [0.5, 0.6) is 0 Å². The van der Waals surface area contributed by atoms with Crippen molar-refractivity contribution in [2.75, 3.05) is 13.1 Å². The molecule has 8 heteroatoms. The molecule has 3 rings (SSSR count). The Morgan fingerprint density at radius 3 is 2.86 bits per heavy atom. The average Bonchev–Trinajstić information content (AvgIpc) is 3.16. The lowest BCUT2D eigenvalue weighted by molar-refractivity contribution is -0.131. The van der Waals surface area contributed by atoms with Crippen molar-refractivity contribution in [1.82, 2.24) is 9.62 Å². The van der Waals surface area contributed by atoms with Crippen molar-refractivity contribution >= 4 is 27.3 Å². The topological polar surface area (TPSA) is 92.5 Å². The van der Waals surface area contributed by atoms with Gasteiger partial charge in [-0.15, -0.1) is 11.3 Å². The first kappa shape index (κ1) is 15.9. The van der Waals surface area contributed by atoms with Gasteiger partial charge in [0, 0.05) is 19.1 Å². The minimum atomic E-state index is -3.62. The number of thiophene rings is 1. The maximum Gasteiger partial charge on any atom is 0.250 e. The van der Waals surface area contributed by atoms with Gasteiger partial charge in [0.15, 0.2) is 0 Å². The number of rotatable bonds is 4. The van der Waals surface area contributed by atoms with Gasteiger partial charge in [-0.2, -0.15) is 4.72 Å². The lowest BCUT2D eigenvalue weighted by Crippen LogP contribution is -2.46. The van der Waals surface area contributed by atoms with Crippen LogP contribution >= 0.6 is 11.3 Å². The average molecular weight is 343 g/mol. The first-order valence-electron chi connectivity index (χ1n) is 7.48. The van der Waals surface area contributed by atoms with Crippen molar-refractivity contribution in [3.8, 4) is 0 Å². The van der Waals surface area contributed by atoms with Crippen LogP contribution in [0.4, 0.5) is 0 Å². The molecule has 2 aliphatic rings. The minimum Gasteiger partial charge on any atom is -0.341 e. The maximum atomic E-state index is 12.5. The van der Waals surface area contributed by atoms with E-state index in [1.807, 2.05) is 0 Å². The summed E-state index contributed by atoms with van der Waals surface area (Å²) in [4.78, 5) is 14.3. The third-order valence-corrected chi connectivity index (χ3v) is 7.62. The van der Waals surface area contributed by atoms with Crippen LogP contribution in [-0.4, -0.2) is 44.4 Å². The molecule has 1 aromatic heterocycles. The number of fused-ring (bicyclic) bond motifs is 1. The SMILES string of the molecule is CC(NS(=O)(=O)c1cccs1)C(=O)N1CC2CCC(N)C2C1. The molecule has 4 unspecified atom stereocenters. The molecule has 0 spiro atoms. The summed E-state index contributed by atoms with van der Waals surface area (Å²) >= 11 is 1.14. The molecule has 1 aliphatic heterocycles. The fourth-order valence-electron chi connectivity index (χ4n) is 3.52. The molecular weight excluding hydrogens is 322 g/mol. The highest BCUT2D eigenvalue weighted by atomic mass is 32.2. The van der Waals surface area contributed by atoms with Gasteiger partial charge in [-0.1, -0.05) is 6.07 Å². The Hall–Kier alpha value is -0.960. The fraction of sp³-hybridized carbons (Fsp3) is 0.643. The second-order valence-corrected chi connectivity index (χ2v) is 9.07. The molecule has 3 N–H and O–H groups in total. The summed E-state index contributed by atoms with van der Waals surface area (Å²) in [6.07, 6.45) is 2.09. The monoisotopic (exact) mass is 343 g/mol. The van der Waals surface area contributed by atoms with Gasteiger partial charge in [-0.05, 0) is 43.0 Å². The molecule has 1 saturated heterocycles. The lowest BCUT2D eigenvalue weighted by Gasteiger charge is -2.23. The molecule has 1 aromatic rings. The van der Waals surface area contributed by atoms with Crippen molar-refractivity contribution in [3.63, 3.8) is 0 Å². The number of likely N-dealkylation sites (tertiary alicyclic amines) is 1. The van der Waals surface area contributed by atoms with Gasteiger partial charge in [-0.25, -0.2) is 8.42 Å². The van der Waals surface area contributed by atoms with Gasteiger partial charge in [-0.3, -0.25) is 4.79 Å².